The van der Waals surface area contributed by atoms with E-state index in [9.17, 15) is 22.8 Å². The minimum Gasteiger partial charge on any atom is -0.349 e. The van der Waals surface area contributed by atoms with E-state index in [0.717, 1.165) is 6.07 Å². The minimum absolute atomic E-state index is 0.0336. The molecule has 5 nitrogen and oxygen atoms in total. The van der Waals surface area contributed by atoms with E-state index in [2.05, 4.69) is 10.6 Å². The number of hydrogen-bond acceptors (Lipinski definition) is 2. The molecule has 0 aliphatic carbocycles. The third kappa shape index (κ3) is 4.18. The van der Waals surface area contributed by atoms with Crippen LogP contribution in [-0.4, -0.2) is 42.0 Å². The summed E-state index contributed by atoms with van der Waals surface area (Å²) in [6.07, 6.45) is 1.01. The van der Waals surface area contributed by atoms with Crippen molar-refractivity contribution >= 4 is 11.9 Å². The lowest BCUT2D eigenvalue weighted by molar-refractivity contribution is 0.0912. The van der Waals surface area contributed by atoms with Crippen molar-refractivity contribution in [2.45, 2.75) is 38.8 Å². The number of urea groups is 1. The number of carbonyl (C=O) groups excluding carboxylic acids is 2. The average molecular weight is 343 g/mol. The van der Waals surface area contributed by atoms with Crippen LogP contribution in [0.1, 0.15) is 37.0 Å². The Labute approximate surface area is 138 Å². The van der Waals surface area contributed by atoms with Crippen LogP contribution in [0, 0.1) is 17.5 Å². The molecule has 0 aromatic heterocycles. The van der Waals surface area contributed by atoms with Crippen LogP contribution in [0.15, 0.2) is 12.1 Å². The van der Waals surface area contributed by atoms with Gasteiger partial charge in [-0.15, -0.1) is 0 Å². The lowest BCUT2D eigenvalue weighted by Crippen LogP contribution is -2.50. The third-order valence-corrected chi connectivity index (χ3v) is 3.81. The third-order valence-electron chi connectivity index (χ3n) is 3.81. The molecule has 1 aliphatic rings. The molecule has 0 bridgehead atoms. The number of likely N-dealkylation sites (tertiary alicyclic amines) is 1. The van der Waals surface area contributed by atoms with E-state index in [1.807, 2.05) is 13.8 Å². The zero-order valence-corrected chi connectivity index (χ0v) is 13.5. The van der Waals surface area contributed by atoms with Crippen LogP contribution < -0.4 is 10.6 Å². The second-order valence-electron chi connectivity index (χ2n) is 6.06. The molecule has 1 fully saturated rings. The van der Waals surface area contributed by atoms with Gasteiger partial charge in [0, 0.05) is 25.2 Å². The van der Waals surface area contributed by atoms with Crippen molar-refractivity contribution in [3.05, 3.63) is 35.1 Å². The zero-order chi connectivity index (χ0) is 17.9. The first kappa shape index (κ1) is 18.1. The molecule has 0 spiro atoms. The Morgan fingerprint density at radius 2 is 1.75 bits per heavy atom. The Morgan fingerprint density at radius 1 is 1.12 bits per heavy atom. The van der Waals surface area contributed by atoms with Crippen molar-refractivity contribution in [3.63, 3.8) is 0 Å². The van der Waals surface area contributed by atoms with Gasteiger partial charge in [-0.1, -0.05) is 0 Å². The summed E-state index contributed by atoms with van der Waals surface area (Å²) in [5.74, 6) is -5.30. The van der Waals surface area contributed by atoms with Gasteiger partial charge in [0.05, 0.1) is 5.56 Å². The molecule has 0 unspecified atom stereocenters. The summed E-state index contributed by atoms with van der Waals surface area (Å²) in [5.41, 5.74) is -0.533. The van der Waals surface area contributed by atoms with Gasteiger partial charge in [0.15, 0.2) is 17.5 Å². The molecule has 1 saturated heterocycles. The van der Waals surface area contributed by atoms with E-state index in [-0.39, 0.29) is 18.1 Å². The van der Waals surface area contributed by atoms with Crippen LogP contribution in [0.5, 0.6) is 0 Å². The number of carbonyl (C=O) groups is 2. The van der Waals surface area contributed by atoms with Crippen LogP contribution >= 0.6 is 0 Å². The van der Waals surface area contributed by atoms with Crippen LogP contribution in [0.2, 0.25) is 0 Å². The summed E-state index contributed by atoms with van der Waals surface area (Å²) in [6, 6.07) is 1.24. The lowest BCUT2D eigenvalue weighted by Gasteiger charge is -2.33. The first-order chi connectivity index (χ1) is 11.3. The maximum Gasteiger partial charge on any atom is 0.317 e. The number of halogens is 3. The van der Waals surface area contributed by atoms with Crippen molar-refractivity contribution < 1.29 is 22.8 Å². The minimum atomic E-state index is -1.66. The topological polar surface area (TPSA) is 61.4 Å². The largest absolute Gasteiger partial charge is 0.349 e. The fraction of sp³-hybridized carbons (Fsp3) is 0.500. The Kier molecular flexibility index (Phi) is 5.69. The van der Waals surface area contributed by atoms with Crippen molar-refractivity contribution in [1.82, 2.24) is 15.5 Å². The molecule has 1 aromatic carbocycles. The van der Waals surface area contributed by atoms with Crippen molar-refractivity contribution in [2.75, 3.05) is 13.1 Å². The second kappa shape index (κ2) is 7.55. The molecule has 24 heavy (non-hydrogen) atoms. The van der Waals surface area contributed by atoms with Gasteiger partial charge in [-0.2, -0.15) is 0 Å². The quantitative estimate of drug-likeness (QED) is 0.828. The highest BCUT2D eigenvalue weighted by atomic mass is 19.2. The Bertz CT molecular complexity index is 629. The van der Waals surface area contributed by atoms with Crippen LogP contribution in [-0.2, 0) is 0 Å². The molecule has 3 amide bonds. The summed E-state index contributed by atoms with van der Waals surface area (Å²) in [7, 11) is 0. The molecule has 2 N–H and O–H groups in total. The molecular formula is C16H20F3N3O2. The summed E-state index contributed by atoms with van der Waals surface area (Å²) < 4.78 is 39.7. The average Bonchev–Trinajstić information content (AvgIpc) is 2.52. The summed E-state index contributed by atoms with van der Waals surface area (Å²) in [6.45, 7) is 4.62. The van der Waals surface area contributed by atoms with Crippen molar-refractivity contribution in [3.8, 4) is 0 Å². The molecule has 8 heteroatoms. The van der Waals surface area contributed by atoms with E-state index in [0.29, 0.717) is 32.0 Å². The number of piperidine rings is 1. The Balaban J connectivity index is 1.91. The van der Waals surface area contributed by atoms with E-state index in [4.69, 9.17) is 0 Å². The summed E-state index contributed by atoms with van der Waals surface area (Å²) >= 11 is 0. The van der Waals surface area contributed by atoms with Gasteiger partial charge in [0.25, 0.3) is 5.91 Å². The highest BCUT2D eigenvalue weighted by molar-refractivity contribution is 5.94. The van der Waals surface area contributed by atoms with Crippen LogP contribution in [0.4, 0.5) is 18.0 Å². The second-order valence-corrected chi connectivity index (χ2v) is 6.06. The molecule has 132 valence electrons. The highest BCUT2D eigenvalue weighted by Crippen LogP contribution is 2.17. The molecule has 1 aromatic rings. The van der Waals surface area contributed by atoms with Gasteiger partial charge in [0.1, 0.15) is 0 Å². The number of hydrogen-bond donors (Lipinski definition) is 2. The molecule has 1 heterocycles. The maximum absolute atomic E-state index is 13.6. The van der Waals surface area contributed by atoms with E-state index in [1.165, 1.54) is 0 Å². The van der Waals surface area contributed by atoms with E-state index in [1.54, 1.807) is 4.90 Å². The SMILES string of the molecule is CC(C)NC(=O)N1CCC(NC(=O)c2ccc(F)c(F)c2F)CC1. The highest BCUT2D eigenvalue weighted by Gasteiger charge is 2.26. The normalized spacial score (nSPS) is 15.5. The first-order valence-corrected chi connectivity index (χ1v) is 7.79. The van der Waals surface area contributed by atoms with Gasteiger partial charge < -0.3 is 15.5 Å². The van der Waals surface area contributed by atoms with Gasteiger partial charge in [-0.25, -0.2) is 18.0 Å². The van der Waals surface area contributed by atoms with Crippen LogP contribution in [0.25, 0.3) is 0 Å². The van der Waals surface area contributed by atoms with Gasteiger partial charge in [-0.05, 0) is 38.8 Å². The molecule has 0 atom stereocenters. The smallest absolute Gasteiger partial charge is 0.317 e. The van der Waals surface area contributed by atoms with Crippen LogP contribution in [0.3, 0.4) is 0 Å². The zero-order valence-electron chi connectivity index (χ0n) is 13.5. The molecule has 2 rings (SSSR count). The van der Waals surface area contributed by atoms with Gasteiger partial charge >= 0.3 is 6.03 Å². The van der Waals surface area contributed by atoms with E-state index >= 15 is 0 Å². The summed E-state index contributed by atoms with van der Waals surface area (Å²) in [5, 5.41) is 5.38. The Morgan fingerprint density at radius 3 is 2.33 bits per heavy atom. The fourth-order valence-electron chi connectivity index (χ4n) is 2.53. The Hall–Kier alpha value is -2.25. The van der Waals surface area contributed by atoms with Crippen molar-refractivity contribution in [1.29, 1.82) is 0 Å². The number of nitrogens with one attached hydrogen (secondary N) is 2. The molecular weight excluding hydrogens is 323 g/mol. The predicted octanol–water partition coefficient (Wildman–Crippen LogP) is 2.42. The lowest BCUT2D eigenvalue weighted by atomic mass is 10.0. The standard InChI is InChI=1S/C16H20F3N3O2/c1-9(2)20-16(24)22-7-5-10(6-8-22)21-15(23)11-3-4-12(17)14(19)13(11)18/h3-4,9-10H,5-8H2,1-2H3,(H,20,24)(H,21,23). The predicted molar refractivity (Wildman–Crippen MR) is 82.0 cm³/mol. The monoisotopic (exact) mass is 343 g/mol. The first-order valence-electron chi connectivity index (χ1n) is 7.79. The van der Waals surface area contributed by atoms with E-state index < -0.39 is 28.9 Å². The maximum atomic E-state index is 13.6. The van der Waals surface area contributed by atoms with Gasteiger partial charge in [-0.3, -0.25) is 4.79 Å². The summed E-state index contributed by atoms with van der Waals surface area (Å²) in [4.78, 5) is 25.5. The van der Waals surface area contributed by atoms with Crippen molar-refractivity contribution in [2.24, 2.45) is 0 Å². The number of amides is 3. The number of benzene rings is 1. The fourth-order valence-corrected chi connectivity index (χ4v) is 2.53. The number of rotatable bonds is 3. The molecule has 1 aliphatic heterocycles. The van der Waals surface area contributed by atoms with Gasteiger partial charge in [0.2, 0.25) is 0 Å². The molecule has 0 saturated carbocycles. The molecule has 0 radical (unpaired) electrons. The number of nitrogens with zero attached hydrogens (tertiary/aromatic N) is 1.